The molecule has 0 saturated heterocycles. The minimum absolute atomic E-state index is 0.104. The molecule has 0 rings (SSSR count). The van der Waals surface area contributed by atoms with Crippen molar-refractivity contribution in [3.8, 4) is 0 Å². The van der Waals surface area contributed by atoms with E-state index in [2.05, 4.69) is 34.6 Å². The predicted octanol–water partition coefficient (Wildman–Crippen LogP) is 16.6. The number of hydrogen-bond donors (Lipinski definition) is 3. The smallest absolute Gasteiger partial charge is 0.462 e. The van der Waals surface area contributed by atoms with Crippen LogP contribution in [-0.2, 0) is 65.4 Å². The first kappa shape index (κ1) is 78.1. The van der Waals surface area contributed by atoms with Gasteiger partial charge < -0.3 is 33.8 Å². The maximum absolute atomic E-state index is 12.9. The largest absolute Gasteiger partial charge is 0.472 e. The Bertz CT molecular complexity index is 1570. The summed E-state index contributed by atoms with van der Waals surface area (Å²) >= 11 is 0. The second-order valence-corrected chi connectivity index (χ2v) is 25.5. The molecule has 0 aromatic rings. The Morgan fingerprint density at radius 2 is 0.575 bits per heavy atom. The van der Waals surface area contributed by atoms with Gasteiger partial charge in [0.25, 0.3) is 0 Å². The standard InChI is InChI=1S/C61H118O17P2/c1-6-9-12-15-18-20-21-22-26-31-35-40-45-59(64)72-51-57(78-61(66)47-42-37-32-27-24-23-25-29-33-38-43-54(4)5)53-76-80(69,70)74-49-55(62)48-73-79(67,68)75-52-56(50-71-58(63)44-39-34-28-17-14-11-8-3)77-60(65)46-41-36-30-19-16-13-10-7-2/h54-57,62H,6-53H2,1-5H3,(H,67,68)(H,69,70)/t55-,56+,57+/m0/s1. The van der Waals surface area contributed by atoms with Gasteiger partial charge in [-0.05, 0) is 31.6 Å². The van der Waals surface area contributed by atoms with Crippen LogP contribution in [-0.4, -0.2) is 96.7 Å². The fourth-order valence-corrected chi connectivity index (χ4v) is 10.6. The summed E-state index contributed by atoms with van der Waals surface area (Å²) in [5.41, 5.74) is 0. The van der Waals surface area contributed by atoms with Gasteiger partial charge in [-0.15, -0.1) is 0 Å². The zero-order chi connectivity index (χ0) is 59.2. The second-order valence-electron chi connectivity index (χ2n) is 22.6. The average molecular weight is 1190 g/mol. The highest BCUT2D eigenvalue weighted by molar-refractivity contribution is 7.47. The molecule has 2 unspecified atom stereocenters. The number of phosphoric ester groups is 2. The Labute approximate surface area is 486 Å². The topological polar surface area (TPSA) is 237 Å². The molecule has 474 valence electrons. The molecule has 0 aliphatic rings. The highest BCUT2D eigenvalue weighted by Gasteiger charge is 2.30. The summed E-state index contributed by atoms with van der Waals surface area (Å²) in [6, 6.07) is 0. The number of hydrogen-bond acceptors (Lipinski definition) is 15. The third-order valence-electron chi connectivity index (χ3n) is 14.0. The van der Waals surface area contributed by atoms with Crippen LogP contribution >= 0.6 is 15.6 Å². The van der Waals surface area contributed by atoms with E-state index in [0.717, 1.165) is 115 Å². The lowest BCUT2D eigenvalue weighted by Gasteiger charge is -2.21. The third kappa shape index (κ3) is 55.3. The molecule has 0 fully saturated rings. The molecular formula is C61H118O17P2. The van der Waals surface area contributed by atoms with Crippen LogP contribution < -0.4 is 0 Å². The zero-order valence-electron chi connectivity index (χ0n) is 51.2. The van der Waals surface area contributed by atoms with Crippen LogP contribution in [0, 0.1) is 5.92 Å². The number of carbonyl (C=O) groups is 4. The zero-order valence-corrected chi connectivity index (χ0v) is 53.0. The first-order valence-corrected chi connectivity index (χ1v) is 35.1. The quantitative estimate of drug-likeness (QED) is 0.0222. The number of phosphoric acid groups is 2. The maximum atomic E-state index is 12.9. The van der Waals surface area contributed by atoms with Gasteiger partial charge in [-0.25, -0.2) is 9.13 Å². The van der Waals surface area contributed by atoms with E-state index in [1.54, 1.807) is 0 Å². The Kier molecular flexibility index (Phi) is 53.6. The highest BCUT2D eigenvalue weighted by atomic mass is 31.2. The van der Waals surface area contributed by atoms with Crippen molar-refractivity contribution in [2.24, 2.45) is 5.92 Å². The predicted molar refractivity (Wildman–Crippen MR) is 317 cm³/mol. The van der Waals surface area contributed by atoms with E-state index >= 15 is 0 Å². The Morgan fingerprint density at radius 3 is 0.850 bits per heavy atom. The minimum Gasteiger partial charge on any atom is -0.462 e. The molecule has 0 heterocycles. The summed E-state index contributed by atoms with van der Waals surface area (Å²) in [6.45, 7) is 7.10. The average Bonchev–Trinajstić information content (AvgIpc) is 3.42. The number of ether oxygens (including phenoxy) is 4. The van der Waals surface area contributed by atoms with Crippen molar-refractivity contribution in [2.45, 2.75) is 323 Å². The summed E-state index contributed by atoms with van der Waals surface area (Å²) in [5.74, 6) is -1.39. The van der Waals surface area contributed by atoms with E-state index in [9.17, 15) is 43.2 Å². The Balaban J connectivity index is 5.20. The van der Waals surface area contributed by atoms with Crippen molar-refractivity contribution in [1.29, 1.82) is 0 Å². The summed E-state index contributed by atoms with van der Waals surface area (Å²) < 4.78 is 67.7. The molecule has 0 amide bonds. The number of unbranched alkanes of at least 4 members (excludes halogenated alkanes) is 33. The first-order chi connectivity index (χ1) is 38.5. The number of aliphatic hydroxyl groups excluding tert-OH is 1. The maximum Gasteiger partial charge on any atom is 0.472 e. The molecule has 0 aliphatic heterocycles. The van der Waals surface area contributed by atoms with Crippen molar-refractivity contribution in [1.82, 2.24) is 0 Å². The Morgan fingerprint density at radius 1 is 0.338 bits per heavy atom. The molecule has 3 N–H and O–H groups in total. The van der Waals surface area contributed by atoms with E-state index in [4.69, 9.17) is 37.0 Å². The lowest BCUT2D eigenvalue weighted by Crippen LogP contribution is -2.30. The molecule has 0 aliphatic carbocycles. The van der Waals surface area contributed by atoms with E-state index in [0.29, 0.717) is 25.7 Å². The van der Waals surface area contributed by atoms with Crippen molar-refractivity contribution in [2.75, 3.05) is 39.6 Å². The molecule has 19 heteroatoms. The summed E-state index contributed by atoms with van der Waals surface area (Å²) in [4.78, 5) is 71.9. The van der Waals surface area contributed by atoms with Crippen LogP contribution in [0.1, 0.15) is 304 Å². The van der Waals surface area contributed by atoms with Gasteiger partial charge in [-0.2, -0.15) is 0 Å². The number of carbonyl (C=O) groups excluding carboxylic acids is 4. The van der Waals surface area contributed by atoms with E-state index in [1.807, 2.05) is 0 Å². The van der Waals surface area contributed by atoms with Crippen LogP contribution in [0.3, 0.4) is 0 Å². The van der Waals surface area contributed by atoms with Gasteiger partial charge in [0.15, 0.2) is 12.2 Å². The SMILES string of the molecule is CCCCCCCCCCCCCCC(=O)OC[C@H](COP(=O)(O)OC[C@@H](O)COP(=O)(O)OC[C@@H](COC(=O)CCCCCCCCC)OC(=O)CCCCCCCCCC)OC(=O)CCCCCCCCCCCCC(C)C. The van der Waals surface area contributed by atoms with Gasteiger partial charge >= 0.3 is 39.5 Å². The molecule has 17 nitrogen and oxygen atoms in total. The summed E-state index contributed by atoms with van der Waals surface area (Å²) in [6.07, 6.45) is 37.7. The number of rotatable bonds is 61. The van der Waals surface area contributed by atoms with Crippen molar-refractivity contribution in [3.05, 3.63) is 0 Å². The van der Waals surface area contributed by atoms with Crippen LogP contribution in [0.2, 0.25) is 0 Å². The van der Waals surface area contributed by atoms with Gasteiger partial charge in [-0.1, -0.05) is 253 Å². The van der Waals surface area contributed by atoms with E-state index in [-0.39, 0.29) is 25.7 Å². The van der Waals surface area contributed by atoms with E-state index in [1.165, 1.54) is 109 Å². The second kappa shape index (κ2) is 55.0. The minimum atomic E-state index is -4.94. The normalized spacial score (nSPS) is 14.3. The fourth-order valence-electron chi connectivity index (χ4n) is 9.05. The summed E-state index contributed by atoms with van der Waals surface area (Å²) in [7, 11) is -9.87. The number of aliphatic hydroxyl groups is 1. The van der Waals surface area contributed by atoms with Crippen LogP contribution in [0.15, 0.2) is 0 Å². The van der Waals surface area contributed by atoms with Gasteiger partial charge in [0.2, 0.25) is 0 Å². The van der Waals surface area contributed by atoms with Crippen molar-refractivity contribution in [3.63, 3.8) is 0 Å². The van der Waals surface area contributed by atoms with Gasteiger partial charge in [0, 0.05) is 25.7 Å². The van der Waals surface area contributed by atoms with Gasteiger partial charge in [0.05, 0.1) is 26.4 Å². The Hall–Kier alpha value is -1.94. The molecule has 0 bridgehead atoms. The molecule has 5 atom stereocenters. The van der Waals surface area contributed by atoms with Crippen molar-refractivity contribution < 1.29 is 80.2 Å². The monoisotopic (exact) mass is 1180 g/mol. The van der Waals surface area contributed by atoms with E-state index < -0.39 is 97.5 Å². The van der Waals surface area contributed by atoms with Crippen LogP contribution in [0.5, 0.6) is 0 Å². The number of esters is 4. The molecule has 0 radical (unpaired) electrons. The van der Waals surface area contributed by atoms with Gasteiger partial charge in [0.1, 0.15) is 19.3 Å². The molecule has 0 aromatic heterocycles. The molecule has 0 spiro atoms. The molecule has 0 aromatic carbocycles. The fraction of sp³-hybridized carbons (Fsp3) is 0.934. The lowest BCUT2D eigenvalue weighted by molar-refractivity contribution is -0.161. The lowest BCUT2D eigenvalue weighted by atomic mass is 10.0. The van der Waals surface area contributed by atoms with Crippen LogP contribution in [0.4, 0.5) is 0 Å². The van der Waals surface area contributed by atoms with Crippen molar-refractivity contribution >= 4 is 39.5 Å². The highest BCUT2D eigenvalue weighted by Crippen LogP contribution is 2.45. The van der Waals surface area contributed by atoms with Gasteiger partial charge in [-0.3, -0.25) is 37.3 Å². The molecular weight excluding hydrogens is 1070 g/mol. The summed E-state index contributed by atoms with van der Waals surface area (Å²) in [5, 5.41) is 10.5. The third-order valence-corrected chi connectivity index (χ3v) is 15.9. The van der Waals surface area contributed by atoms with Crippen LogP contribution in [0.25, 0.3) is 0 Å². The molecule has 80 heavy (non-hydrogen) atoms. The first-order valence-electron chi connectivity index (χ1n) is 32.1. The molecule has 0 saturated carbocycles.